The van der Waals surface area contributed by atoms with Gasteiger partial charge in [-0.1, -0.05) is 45.0 Å². The number of fused-ring (bicyclic) bond motifs is 1. The summed E-state index contributed by atoms with van der Waals surface area (Å²) < 4.78 is 5.18. The van der Waals surface area contributed by atoms with E-state index in [-0.39, 0.29) is 37.8 Å². The van der Waals surface area contributed by atoms with Crippen LogP contribution in [0.5, 0.6) is 0 Å². The highest BCUT2D eigenvalue weighted by Gasteiger charge is 2.36. The van der Waals surface area contributed by atoms with Crippen molar-refractivity contribution in [3.8, 4) is 6.07 Å². The van der Waals surface area contributed by atoms with Gasteiger partial charge in [0.1, 0.15) is 24.2 Å². The van der Waals surface area contributed by atoms with Crippen molar-refractivity contribution in [3.63, 3.8) is 0 Å². The largest absolute Gasteiger partial charge is 0.444 e. The number of nitriles is 1. The summed E-state index contributed by atoms with van der Waals surface area (Å²) in [4.78, 5) is 51.5. The molecule has 0 saturated carbocycles. The number of rotatable bonds is 6. The molecule has 4 amide bonds. The monoisotopic (exact) mass is 527 g/mol. The molecule has 38 heavy (non-hydrogen) atoms. The Morgan fingerprint density at radius 1 is 1.18 bits per heavy atom. The van der Waals surface area contributed by atoms with Crippen LogP contribution in [0.4, 0.5) is 4.79 Å². The highest BCUT2D eigenvalue weighted by Crippen LogP contribution is 2.24. The van der Waals surface area contributed by atoms with Crippen LogP contribution in [-0.4, -0.2) is 59.5 Å². The second-order valence-electron chi connectivity index (χ2n) is 11.3. The highest BCUT2D eigenvalue weighted by atomic mass is 16.6. The maximum atomic E-state index is 13.2. The topological polar surface area (TPSA) is 141 Å². The average Bonchev–Trinajstić information content (AvgIpc) is 3.23. The Labute approximate surface area is 225 Å². The zero-order chi connectivity index (χ0) is 28.5. The summed E-state index contributed by atoms with van der Waals surface area (Å²) in [5, 5.41) is 17.4. The van der Waals surface area contributed by atoms with Gasteiger partial charge < -0.3 is 25.6 Å². The fourth-order valence-electron chi connectivity index (χ4n) is 4.15. The van der Waals surface area contributed by atoms with Crippen molar-refractivity contribution in [2.45, 2.75) is 85.0 Å². The molecule has 0 aromatic heterocycles. The molecule has 2 aliphatic rings. The van der Waals surface area contributed by atoms with Crippen LogP contribution in [0.1, 0.15) is 65.5 Å². The molecule has 0 spiro atoms. The van der Waals surface area contributed by atoms with E-state index >= 15 is 0 Å². The number of nitrogens with zero attached hydrogens (tertiary/aromatic N) is 2. The first kappa shape index (κ1) is 30.6. The van der Waals surface area contributed by atoms with Crippen molar-refractivity contribution < 1.29 is 23.9 Å². The first-order valence-corrected chi connectivity index (χ1v) is 13.1. The van der Waals surface area contributed by atoms with Crippen LogP contribution in [0.25, 0.3) is 0 Å². The number of alkyl carbamates (subject to hydrolysis) is 1. The average molecular weight is 528 g/mol. The zero-order valence-corrected chi connectivity index (χ0v) is 23.3. The van der Waals surface area contributed by atoms with Gasteiger partial charge in [0.15, 0.2) is 0 Å². The third-order valence-electron chi connectivity index (χ3n) is 5.81. The molecule has 3 atom stereocenters. The molecule has 1 fully saturated rings. The van der Waals surface area contributed by atoms with Crippen LogP contribution in [0, 0.1) is 23.2 Å². The van der Waals surface area contributed by atoms with Gasteiger partial charge in [-0.25, -0.2) is 4.79 Å². The minimum absolute atomic E-state index is 0.119. The maximum Gasteiger partial charge on any atom is 0.408 e. The Bertz CT molecular complexity index is 1040. The summed E-state index contributed by atoms with van der Waals surface area (Å²) in [6.45, 7) is 12.1. The number of benzene rings is 1. The Balaban J connectivity index is 0.00000118. The lowest BCUT2D eigenvalue weighted by Crippen LogP contribution is -2.56. The molecule has 3 unspecified atom stereocenters. The van der Waals surface area contributed by atoms with Crippen LogP contribution in [0.3, 0.4) is 0 Å². The standard InChI is InChI=1S/C24H31N5O5.C4H10/c1-24(2,3)34-23(33)27-13-20(30)29-14-17-7-5-4-6-15(17)11-19(29)22(32)28-18(12-25)10-16-8-9-26-21(16)31;1-4(2)3/h4-7,16,18-19H,8-11,13-14H2,1-3H3,(H,26,31)(H,27,33)(H,28,32);4H,1-3H3. The van der Waals surface area contributed by atoms with Crippen LogP contribution < -0.4 is 16.0 Å². The first-order chi connectivity index (χ1) is 17.8. The summed E-state index contributed by atoms with van der Waals surface area (Å²) in [5.41, 5.74) is 1.15. The number of carbonyl (C=O) groups is 4. The predicted molar refractivity (Wildman–Crippen MR) is 143 cm³/mol. The van der Waals surface area contributed by atoms with E-state index in [1.807, 2.05) is 24.3 Å². The molecule has 0 bridgehead atoms. The van der Waals surface area contributed by atoms with Gasteiger partial charge in [-0.2, -0.15) is 5.26 Å². The SMILES string of the molecule is CC(C)(C)OC(=O)NCC(=O)N1Cc2ccccc2CC1C(=O)NC(C#N)CC1CCNC1=O.CC(C)C. The molecule has 10 nitrogen and oxygen atoms in total. The van der Waals surface area contributed by atoms with E-state index in [0.29, 0.717) is 13.0 Å². The molecule has 0 radical (unpaired) electrons. The summed E-state index contributed by atoms with van der Waals surface area (Å²) in [5.74, 6) is -0.520. The van der Waals surface area contributed by atoms with E-state index in [4.69, 9.17) is 4.74 Å². The number of ether oxygens (including phenoxy) is 1. The van der Waals surface area contributed by atoms with Gasteiger partial charge in [0.25, 0.3) is 0 Å². The van der Waals surface area contributed by atoms with E-state index in [0.717, 1.165) is 17.0 Å². The summed E-state index contributed by atoms with van der Waals surface area (Å²) in [6, 6.07) is 7.88. The zero-order valence-electron chi connectivity index (χ0n) is 23.3. The molecule has 2 aliphatic heterocycles. The van der Waals surface area contributed by atoms with Gasteiger partial charge >= 0.3 is 6.09 Å². The second-order valence-corrected chi connectivity index (χ2v) is 11.3. The van der Waals surface area contributed by atoms with Gasteiger partial charge in [0.2, 0.25) is 17.7 Å². The second kappa shape index (κ2) is 13.8. The lowest BCUT2D eigenvalue weighted by molar-refractivity contribution is -0.141. The molecule has 1 aromatic rings. The van der Waals surface area contributed by atoms with Gasteiger partial charge in [-0.05, 0) is 50.7 Å². The third kappa shape index (κ3) is 9.69. The van der Waals surface area contributed by atoms with E-state index in [2.05, 4.69) is 42.8 Å². The normalized spacial score (nSPS) is 19.2. The summed E-state index contributed by atoms with van der Waals surface area (Å²) in [6.07, 6.45) is 0.386. The third-order valence-corrected chi connectivity index (χ3v) is 5.81. The quantitative estimate of drug-likeness (QED) is 0.520. The molecule has 2 heterocycles. The van der Waals surface area contributed by atoms with E-state index < -0.39 is 35.6 Å². The lowest BCUT2D eigenvalue weighted by Gasteiger charge is -2.36. The van der Waals surface area contributed by atoms with E-state index in [1.54, 1.807) is 20.8 Å². The van der Waals surface area contributed by atoms with Crippen molar-refractivity contribution in [2.24, 2.45) is 11.8 Å². The minimum Gasteiger partial charge on any atom is -0.444 e. The lowest BCUT2D eigenvalue weighted by atomic mass is 9.92. The van der Waals surface area contributed by atoms with E-state index in [1.165, 1.54) is 4.90 Å². The van der Waals surface area contributed by atoms with Crippen LogP contribution >= 0.6 is 0 Å². The fourth-order valence-corrected chi connectivity index (χ4v) is 4.15. The van der Waals surface area contributed by atoms with Crippen LogP contribution in [0.15, 0.2) is 24.3 Å². The Morgan fingerprint density at radius 2 is 1.82 bits per heavy atom. The van der Waals surface area contributed by atoms with Gasteiger partial charge in [0.05, 0.1) is 6.07 Å². The van der Waals surface area contributed by atoms with Crippen molar-refractivity contribution in [2.75, 3.05) is 13.1 Å². The van der Waals surface area contributed by atoms with Gasteiger partial charge in [-0.3, -0.25) is 14.4 Å². The van der Waals surface area contributed by atoms with Crippen molar-refractivity contribution in [3.05, 3.63) is 35.4 Å². The number of hydrogen-bond acceptors (Lipinski definition) is 6. The molecular formula is C28H41N5O5. The molecule has 3 N–H and O–H groups in total. The molecular weight excluding hydrogens is 486 g/mol. The first-order valence-electron chi connectivity index (χ1n) is 13.1. The molecule has 3 rings (SSSR count). The van der Waals surface area contributed by atoms with Crippen molar-refractivity contribution >= 4 is 23.8 Å². The molecule has 0 aliphatic carbocycles. The number of amides is 4. The fraction of sp³-hybridized carbons (Fsp3) is 0.607. The van der Waals surface area contributed by atoms with E-state index in [9.17, 15) is 24.4 Å². The summed E-state index contributed by atoms with van der Waals surface area (Å²) >= 11 is 0. The number of hydrogen-bond donors (Lipinski definition) is 3. The Hall–Kier alpha value is -3.61. The Morgan fingerprint density at radius 3 is 2.37 bits per heavy atom. The molecule has 1 saturated heterocycles. The van der Waals surface area contributed by atoms with Gasteiger partial charge in [0, 0.05) is 25.4 Å². The minimum atomic E-state index is -0.852. The number of carbonyl (C=O) groups excluding carboxylic acids is 4. The van der Waals surface area contributed by atoms with Crippen LogP contribution in [-0.2, 0) is 32.1 Å². The van der Waals surface area contributed by atoms with Crippen molar-refractivity contribution in [1.82, 2.24) is 20.9 Å². The van der Waals surface area contributed by atoms with Crippen LogP contribution in [0.2, 0.25) is 0 Å². The molecule has 208 valence electrons. The molecule has 1 aromatic carbocycles. The smallest absolute Gasteiger partial charge is 0.408 e. The highest BCUT2D eigenvalue weighted by molar-refractivity contribution is 5.90. The van der Waals surface area contributed by atoms with Crippen molar-refractivity contribution in [1.29, 1.82) is 5.26 Å². The predicted octanol–water partition coefficient (Wildman–Crippen LogP) is 2.66. The van der Waals surface area contributed by atoms with Gasteiger partial charge in [-0.15, -0.1) is 0 Å². The summed E-state index contributed by atoms with van der Waals surface area (Å²) in [7, 11) is 0. The number of nitrogens with one attached hydrogen (secondary N) is 3. The maximum absolute atomic E-state index is 13.2. The Kier molecular flexibility index (Phi) is 11.1. The molecule has 10 heteroatoms.